The zero-order chi connectivity index (χ0) is 9.26. The Bertz CT molecular complexity index is 496. The number of aromatic amines is 1. The van der Waals surface area contributed by atoms with Crippen LogP contribution in [0.1, 0.15) is 0 Å². The molecule has 1 aromatic heterocycles. The topological polar surface area (TPSA) is 72.3 Å². The van der Waals surface area contributed by atoms with Crippen LogP contribution in [0.3, 0.4) is 0 Å². The van der Waals surface area contributed by atoms with Gasteiger partial charge in [-0.2, -0.15) is 0 Å². The number of ether oxygens (including phenoxy) is 1. The number of aromatic nitrogens is 1. The summed E-state index contributed by atoms with van der Waals surface area (Å²) in [6, 6.07) is 4.59. The Kier molecular flexibility index (Phi) is 1.63. The molecule has 1 aromatic carbocycles. The smallest absolute Gasteiger partial charge is 0.417 e. The molecule has 66 valence electrons. The molecule has 0 aliphatic carbocycles. The molecule has 0 spiro atoms. The van der Waals surface area contributed by atoms with Crippen LogP contribution in [0.4, 0.5) is 0 Å². The number of carbonyl (C=O) groups excluding carboxylic acids is 1. The first-order valence-corrected chi connectivity index (χ1v) is 3.53. The number of fused-ring (bicyclic) bond motifs is 1. The highest BCUT2D eigenvalue weighted by Crippen LogP contribution is 2.17. The molecular formula is C8H5NO4. The van der Waals surface area contributed by atoms with E-state index in [4.69, 9.17) is 4.42 Å². The molecule has 13 heavy (non-hydrogen) atoms. The van der Waals surface area contributed by atoms with Crippen molar-refractivity contribution in [2.75, 3.05) is 0 Å². The van der Waals surface area contributed by atoms with E-state index in [1.165, 1.54) is 12.1 Å². The van der Waals surface area contributed by atoms with Crippen LogP contribution in [0.15, 0.2) is 27.4 Å². The normalized spacial score (nSPS) is 10.2. The van der Waals surface area contributed by atoms with Gasteiger partial charge in [-0.05, 0) is 12.1 Å². The third-order valence-corrected chi connectivity index (χ3v) is 1.57. The van der Waals surface area contributed by atoms with E-state index >= 15 is 0 Å². The lowest BCUT2D eigenvalue weighted by Gasteiger charge is -1.94. The van der Waals surface area contributed by atoms with Crippen molar-refractivity contribution in [3.8, 4) is 5.75 Å². The van der Waals surface area contributed by atoms with Gasteiger partial charge >= 0.3 is 5.76 Å². The number of H-pyrrole nitrogens is 1. The molecule has 0 saturated carbocycles. The van der Waals surface area contributed by atoms with Crippen LogP contribution in [0.25, 0.3) is 11.1 Å². The van der Waals surface area contributed by atoms with E-state index in [0.29, 0.717) is 23.3 Å². The minimum atomic E-state index is -0.529. The first-order valence-electron chi connectivity index (χ1n) is 3.53. The molecule has 5 nitrogen and oxygen atoms in total. The van der Waals surface area contributed by atoms with Gasteiger partial charge in [-0.25, -0.2) is 4.79 Å². The molecule has 2 aromatic rings. The van der Waals surface area contributed by atoms with Gasteiger partial charge in [0, 0.05) is 6.07 Å². The lowest BCUT2D eigenvalue weighted by Crippen LogP contribution is -1.93. The second kappa shape index (κ2) is 2.78. The largest absolute Gasteiger partial charge is 0.429 e. The molecule has 5 heteroatoms. The Labute approximate surface area is 71.9 Å². The van der Waals surface area contributed by atoms with Crippen LogP contribution < -0.4 is 10.5 Å². The third kappa shape index (κ3) is 1.31. The maximum atomic E-state index is 10.7. The maximum Gasteiger partial charge on any atom is 0.417 e. The van der Waals surface area contributed by atoms with Crippen molar-refractivity contribution in [2.45, 2.75) is 0 Å². The van der Waals surface area contributed by atoms with Crippen molar-refractivity contribution >= 4 is 17.6 Å². The Hall–Kier alpha value is -2.04. The third-order valence-electron chi connectivity index (χ3n) is 1.57. The average Bonchev–Trinajstić information content (AvgIpc) is 2.44. The molecule has 0 amide bonds. The van der Waals surface area contributed by atoms with Gasteiger partial charge in [0.25, 0.3) is 6.47 Å². The highest BCUT2D eigenvalue weighted by atomic mass is 16.5. The zero-order valence-corrected chi connectivity index (χ0v) is 6.44. The van der Waals surface area contributed by atoms with Crippen molar-refractivity contribution in [3.05, 3.63) is 28.7 Å². The molecule has 0 saturated heterocycles. The summed E-state index contributed by atoms with van der Waals surface area (Å²) in [5.74, 6) is -0.169. The number of carbonyl (C=O) groups is 1. The standard InChI is InChI=1S/C8H5NO4/c10-4-12-5-1-2-7-6(3-5)9-8(11)13-7/h1-4H,(H,9,11). The molecule has 0 aliphatic heterocycles. The predicted molar refractivity (Wildman–Crippen MR) is 43.5 cm³/mol. The summed E-state index contributed by atoms with van der Waals surface area (Å²) in [5, 5.41) is 0. The van der Waals surface area contributed by atoms with E-state index in [0.717, 1.165) is 0 Å². The molecule has 1 heterocycles. The fourth-order valence-electron chi connectivity index (χ4n) is 1.06. The Morgan fingerprint density at radius 3 is 3.08 bits per heavy atom. The van der Waals surface area contributed by atoms with Crippen molar-refractivity contribution in [1.82, 2.24) is 4.98 Å². The Morgan fingerprint density at radius 2 is 2.31 bits per heavy atom. The van der Waals surface area contributed by atoms with Crippen molar-refractivity contribution < 1.29 is 13.9 Å². The molecule has 0 aliphatic rings. The average molecular weight is 179 g/mol. The van der Waals surface area contributed by atoms with Crippen molar-refractivity contribution in [1.29, 1.82) is 0 Å². The van der Waals surface area contributed by atoms with Crippen LogP contribution in [0.5, 0.6) is 5.75 Å². The molecule has 0 atom stereocenters. The summed E-state index contributed by atoms with van der Waals surface area (Å²) in [6.45, 7) is 0.319. The SMILES string of the molecule is O=COc1ccc2oc(=O)[nH]c2c1. The molecule has 0 bridgehead atoms. The molecule has 0 fully saturated rings. The van der Waals surface area contributed by atoms with Gasteiger partial charge in [0.1, 0.15) is 5.75 Å². The minimum Gasteiger partial charge on any atom is -0.429 e. The highest BCUT2D eigenvalue weighted by molar-refractivity contribution is 5.74. The number of hydrogen-bond donors (Lipinski definition) is 1. The van der Waals surface area contributed by atoms with E-state index in [-0.39, 0.29) is 0 Å². The summed E-state index contributed by atoms with van der Waals surface area (Å²) >= 11 is 0. The Morgan fingerprint density at radius 1 is 1.46 bits per heavy atom. The fourth-order valence-corrected chi connectivity index (χ4v) is 1.06. The van der Waals surface area contributed by atoms with E-state index < -0.39 is 5.76 Å². The highest BCUT2D eigenvalue weighted by Gasteiger charge is 2.01. The number of hydrogen-bond acceptors (Lipinski definition) is 4. The molecule has 0 unspecified atom stereocenters. The summed E-state index contributed by atoms with van der Waals surface area (Å²) in [4.78, 5) is 23.2. The van der Waals surface area contributed by atoms with Crippen molar-refractivity contribution in [2.24, 2.45) is 0 Å². The molecule has 2 rings (SSSR count). The van der Waals surface area contributed by atoms with Gasteiger partial charge in [-0.1, -0.05) is 0 Å². The molecule has 1 N–H and O–H groups in total. The number of oxazole rings is 1. The summed E-state index contributed by atoms with van der Waals surface area (Å²) in [7, 11) is 0. The van der Waals surface area contributed by atoms with E-state index in [2.05, 4.69) is 9.72 Å². The molecular weight excluding hydrogens is 174 g/mol. The fraction of sp³-hybridized carbons (Fsp3) is 0. The monoisotopic (exact) mass is 179 g/mol. The van der Waals surface area contributed by atoms with Crippen LogP contribution in [0.2, 0.25) is 0 Å². The summed E-state index contributed by atoms with van der Waals surface area (Å²) in [5.41, 5.74) is 0.938. The first kappa shape index (κ1) is 7.60. The van der Waals surface area contributed by atoms with Gasteiger partial charge < -0.3 is 9.15 Å². The van der Waals surface area contributed by atoms with Gasteiger partial charge in [-0.3, -0.25) is 9.78 Å². The summed E-state index contributed by atoms with van der Waals surface area (Å²) < 4.78 is 9.32. The lowest BCUT2D eigenvalue weighted by atomic mass is 10.3. The second-order valence-electron chi connectivity index (χ2n) is 2.39. The van der Waals surface area contributed by atoms with Gasteiger partial charge in [0.05, 0.1) is 5.52 Å². The molecule has 0 radical (unpaired) electrons. The first-order chi connectivity index (χ1) is 6.29. The predicted octanol–water partition coefficient (Wildman–Crippen LogP) is 0.656. The van der Waals surface area contributed by atoms with Gasteiger partial charge in [-0.15, -0.1) is 0 Å². The van der Waals surface area contributed by atoms with E-state index in [9.17, 15) is 9.59 Å². The zero-order valence-electron chi connectivity index (χ0n) is 6.44. The van der Waals surface area contributed by atoms with Crippen LogP contribution in [0, 0.1) is 0 Å². The lowest BCUT2D eigenvalue weighted by molar-refractivity contribution is -0.120. The van der Waals surface area contributed by atoms with Crippen LogP contribution in [-0.2, 0) is 4.79 Å². The quantitative estimate of drug-likeness (QED) is 0.687. The van der Waals surface area contributed by atoms with Crippen LogP contribution >= 0.6 is 0 Å². The summed E-state index contributed by atoms with van der Waals surface area (Å²) in [6.07, 6.45) is 0. The number of nitrogens with one attached hydrogen (secondary N) is 1. The minimum absolute atomic E-state index is 0.319. The van der Waals surface area contributed by atoms with Gasteiger partial charge in [0.15, 0.2) is 5.58 Å². The number of rotatable bonds is 2. The van der Waals surface area contributed by atoms with E-state index in [1.807, 2.05) is 0 Å². The maximum absolute atomic E-state index is 10.7. The second-order valence-corrected chi connectivity index (χ2v) is 2.39. The van der Waals surface area contributed by atoms with Crippen molar-refractivity contribution in [3.63, 3.8) is 0 Å². The Balaban J connectivity index is 2.60. The van der Waals surface area contributed by atoms with Crippen LogP contribution in [-0.4, -0.2) is 11.5 Å². The van der Waals surface area contributed by atoms with Gasteiger partial charge in [0.2, 0.25) is 0 Å². The van der Waals surface area contributed by atoms with E-state index in [1.54, 1.807) is 6.07 Å². The number of benzene rings is 1.